The van der Waals surface area contributed by atoms with Gasteiger partial charge in [-0.05, 0) is 30.2 Å². The van der Waals surface area contributed by atoms with Crippen molar-refractivity contribution in [3.8, 4) is 0 Å². The van der Waals surface area contributed by atoms with E-state index in [1.54, 1.807) is 6.07 Å². The van der Waals surface area contributed by atoms with Crippen LogP contribution in [0.15, 0.2) is 53.1 Å². The molecular formula is C17H16N2O2. The van der Waals surface area contributed by atoms with Crippen LogP contribution in [-0.2, 0) is 6.42 Å². The molecule has 0 aliphatic rings. The van der Waals surface area contributed by atoms with E-state index in [1.807, 2.05) is 43.3 Å². The molecule has 3 N–H and O–H groups in total. The number of nitrogens with one attached hydrogen (secondary N) is 1. The van der Waals surface area contributed by atoms with Gasteiger partial charge in [-0.3, -0.25) is 4.79 Å². The number of rotatable bonds is 3. The molecule has 2 aromatic carbocycles. The minimum absolute atomic E-state index is 0.205. The van der Waals surface area contributed by atoms with E-state index >= 15 is 0 Å². The van der Waals surface area contributed by atoms with Gasteiger partial charge in [0.2, 0.25) is 0 Å². The molecule has 1 aromatic heterocycles. The molecule has 21 heavy (non-hydrogen) atoms. The molecule has 0 unspecified atom stereocenters. The Morgan fingerprint density at radius 1 is 1.24 bits per heavy atom. The number of nitrogen functional groups attached to an aromatic ring is 1. The maximum atomic E-state index is 12.3. The lowest BCUT2D eigenvalue weighted by atomic mass is 10.1. The number of aryl methyl sites for hydroxylation is 1. The van der Waals surface area contributed by atoms with E-state index in [1.165, 1.54) is 6.26 Å². The largest absolute Gasteiger partial charge is 0.463 e. The summed E-state index contributed by atoms with van der Waals surface area (Å²) in [4.78, 5) is 12.3. The van der Waals surface area contributed by atoms with Crippen molar-refractivity contribution in [2.75, 3.05) is 11.1 Å². The summed E-state index contributed by atoms with van der Waals surface area (Å²) in [6, 6.07) is 13.0. The van der Waals surface area contributed by atoms with Crippen LogP contribution >= 0.6 is 0 Å². The monoisotopic (exact) mass is 280 g/mol. The Hall–Kier alpha value is -2.75. The van der Waals surface area contributed by atoms with Gasteiger partial charge in [0, 0.05) is 16.8 Å². The lowest BCUT2D eigenvalue weighted by Gasteiger charge is -2.08. The number of furan rings is 1. The Bertz CT molecular complexity index is 805. The normalized spacial score (nSPS) is 10.7. The summed E-state index contributed by atoms with van der Waals surface area (Å²) in [6.07, 6.45) is 2.34. The Morgan fingerprint density at radius 3 is 2.81 bits per heavy atom. The second-order valence-corrected chi connectivity index (χ2v) is 4.87. The number of benzene rings is 2. The summed E-state index contributed by atoms with van der Waals surface area (Å²) in [5, 5.41) is 3.65. The van der Waals surface area contributed by atoms with Crippen LogP contribution in [0.25, 0.3) is 11.0 Å². The molecule has 3 rings (SSSR count). The number of amides is 1. The van der Waals surface area contributed by atoms with Crippen molar-refractivity contribution in [2.45, 2.75) is 13.3 Å². The summed E-state index contributed by atoms with van der Waals surface area (Å²) >= 11 is 0. The molecule has 0 radical (unpaired) electrons. The summed E-state index contributed by atoms with van der Waals surface area (Å²) in [7, 11) is 0. The minimum Gasteiger partial charge on any atom is -0.463 e. The summed E-state index contributed by atoms with van der Waals surface area (Å²) in [5.74, 6) is -0.205. The van der Waals surface area contributed by atoms with Crippen LogP contribution in [0.3, 0.4) is 0 Å². The zero-order valence-electron chi connectivity index (χ0n) is 11.7. The van der Waals surface area contributed by atoms with Gasteiger partial charge in [-0.15, -0.1) is 0 Å². The fourth-order valence-corrected chi connectivity index (χ4v) is 2.35. The molecule has 4 heteroatoms. The molecule has 0 aliphatic carbocycles. The van der Waals surface area contributed by atoms with Gasteiger partial charge < -0.3 is 15.5 Å². The summed E-state index contributed by atoms with van der Waals surface area (Å²) < 4.78 is 5.38. The SMILES string of the molecule is CCc1ccc(NC(=O)c2coc3ccccc23)cc1N. The van der Waals surface area contributed by atoms with Crippen LogP contribution in [0, 0.1) is 0 Å². The van der Waals surface area contributed by atoms with Gasteiger partial charge in [0.05, 0.1) is 5.56 Å². The van der Waals surface area contributed by atoms with Crippen LogP contribution in [0.2, 0.25) is 0 Å². The highest BCUT2D eigenvalue weighted by Crippen LogP contribution is 2.23. The number of fused-ring (bicyclic) bond motifs is 1. The Balaban J connectivity index is 1.88. The first-order chi connectivity index (χ1) is 10.2. The van der Waals surface area contributed by atoms with E-state index < -0.39 is 0 Å². The fraction of sp³-hybridized carbons (Fsp3) is 0.118. The average molecular weight is 280 g/mol. The molecule has 106 valence electrons. The highest BCUT2D eigenvalue weighted by atomic mass is 16.3. The molecule has 0 bridgehead atoms. The van der Waals surface area contributed by atoms with Crippen molar-refractivity contribution in [1.82, 2.24) is 0 Å². The molecule has 0 saturated carbocycles. The zero-order chi connectivity index (χ0) is 14.8. The number of carbonyl (C=O) groups excluding carboxylic acids is 1. The van der Waals surface area contributed by atoms with E-state index in [0.29, 0.717) is 22.5 Å². The molecule has 3 aromatic rings. The maximum Gasteiger partial charge on any atom is 0.259 e. The molecule has 0 atom stereocenters. The first-order valence-corrected chi connectivity index (χ1v) is 6.85. The van der Waals surface area contributed by atoms with E-state index in [9.17, 15) is 4.79 Å². The number of anilines is 2. The smallest absolute Gasteiger partial charge is 0.259 e. The van der Waals surface area contributed by atoms with Gasteiger partial charge in [-0.1, -0.05) is 31.2 Å². The highest BCUT2D eigenvalue weighted by molar-refractivity contribution is 6.12. The predicted molar refractivity (Wildman–Crippen MR) is 84.4 cm³/mol. The molecule has 1 amide bonds. The van der Waals surface area contributed by atoms with E-state index in [2.05, 4.69) is 5.32 Å². The van der Waals surface area contributed by atoms with E-state index in [0.717, 1.165) is 17.4 Å². The summed E-state index contributed by atoms with van der Waals surface area (Å²) in [5.41, 5.74) is 9.60. The van der Waals surface area contributed by atoms with E-state index in [-0.39, 0.29) is 5.91 Å². The van der Waals surface area contributed by atoms with Gasteiger partial charge in [-0.2, -0.15) is 0 Å². The lowest BCUT2D eigenvalue weighted by molar-refractivity contribution is 0.102. The predicted octanol–water partition coefficient (Wildman–Crippen LogP) is 3.83. The average Bonchev–Trinajstić information content (AvgIpc) is 2.91. The van der Waals surface area contributed by atoms with Crippen molar-refractivity contribution in [2.24, 2.45) is 0 Å². The Labute approximate surface area is 122 Å². The summed E-state index contributed by atoms with van der Waals surface area (Å²) in [6.45, 7) is 2.04. The number of para-hydroxylation sites is 1. The zero-order valence-corrected chi connectivity index (χ0v) is 11.7. The third kappa shape index (κ3) is 2.48. The van der Waals surface area contributed by atoms with Crippen LogP contribution in [0.1, 0.15) is 22.8 Å². The standard InChI is InChI=1S/C17H16N2O2/c1-2-11-7-8-12(9-15(11)18)19-17(20)14-10-21-16-6-4-3-5-13(14)16/h3-10H,2,18H2,1H3,(H,19,20). The topological polar surface area (TPSA) is 68.3 Å². The third-order valence-electron chi connectivity index (χ3n) is 3.51. The van der Waals surface area contributed by atoms with Crippen molar-refractivity contribution in [3.05, 3.63) is 59.9 Å². The van der Waals surface area contributed by atoms with Gasteiger partial charge in [0.25, 0.3) is 5.91 Å². The third-order valence-corrected chi connectivity index (χ3v) is 3.51. The fourth-order valence-electron chi connectivity index (χ4n) is 2.35. The van der Waals surface area contributed by atoms with Crippen LogP contribution < -0.4 is 11.1 Å². The minimum atomic E-state index is -0.205. The molecule has 1 heterocycles. The lowest BCUT2D eigenvalue weighted by Crippen LogP contribution is -2.11. The van der Waals surface area contributed by atoms with Crippen molar-refractivity contribution in [3.63, 3.8) is 0 Å². The van der Waals surface area contributed by atoms with Crippen molar-refractivity contribution < 1.29 is 9.21 Å². The molecule has 4 nitrogen and oxygen atoms in total. The number of carbonyl (C=O) groups is 1. The van der Waals surface area contributed by atoms with Gasteiger partial charge in [0.1, 0.15) is 11.8 Å². The quantitative estimate of drug-likeness (QED) is 0.716. The Kier molecular flexibility index (Phi) is 3.36. The van der Waals surface area contributed by atoms with Gasteiger partial charge >= 0.3 is 0 Å². The van der Waals surface area contributed by atoms with Crippen LogP contribution in [0.4, 0.5) is 11.4 Å². The van der Waals surface area contributed by atoms with Crippen LogP contribution in [0.5, 0.6) is 0 Å². The number of hydrogen-bond acceptors (Lipinski definition) is 3. The number of hydrogen-bond donors (Lipinski definition) is 2. The second-order valence-electron chi connectivity index (χ2n) is 4.87. The van der Waals surface area contributed by atoms with Crippen LogP contribution in [-0.4, -0.2) is 5.91 Å². The molecule has 0 aliphatic heterocycles. The first kappa shape index (κ1) is 13.2. The maximum absolute atomic E-state index is 12.3. The van der Waals surface area contributed by atoms with Gasteiger partial charge in [-0.25, -0.2) is 0 Å². The van der Waals surface area contributed by atoms with Crippen molar-refractivity contribution >= 4 is 28.3 Å². The van der Waals surface area contributed by atoms with E-state index in [4.69, 9.17) is 10.2 Å². The molecule has 0 saturated heterocycles. The molecular weight excluding hydrogens is 264 g/mol. The Morgan fingerprint density at radius 2 is 2.05 bits per heavy atom. The second kappa shape index (κ2) is 5.32. The number of nitrogens with two attached hydrogens (primary N) is 1. The van der Waals surface area contributed by atoms with Crippen molar-refractivity contribution in [1.29, 1.82) is 0 Å². The molecule has 0 fully saturated rings. The highest BCUT2D eigenvalue weighted by Gasteiger charge is 2.13. The first-order valence-electron chi connectivity index (χ1n) is 6.85. The molecule has 0 spiro atoms. The van der Waals surface area contributed by atoms with Gasteiger partial charge in [0.15, 0.2) is 0 Å².